The van der Waals surface area contributed by atoms with Gasteiger partial charge >= 0.3 is 0 Å². The standard InChI is InChI=1S/C35H37NO5/c1-26(23-39-31-15-3-2-4-16-31)36(21-29(37)24-40-34-19-9-13-27-11-5-7-17-32(27)34)22-30(38)25-41-35-20-10-14-28-12-6-8-18-33(28)35/h2-20,26,29-30,37-38H,21-25H2,1H3. The Morgan fingerprint density at radius 3 is 1.54 bits per heavy atom. The lowest BCUT2D eigenvalue weighted by molar-refractivity contribution is 0.00875. The van der Waals surface area contributed by atoms with Gasteiger partial charge in [-0.1, -0.05) is 91.0 Å². The Kier molecular flexibility index (Phi) is 9.70. The minimum absolute atomic E-state index is 0.0883. The molecule has 6 nitrogen and oxygen atoms in total. The predicted octanol–water partition coefficient (Wildman–Crippen LogP) is 5.94. The lowest BCUT2D eigenvalue weighted by atomic mass is 10.1. The molecule has 0 heterocycles. The molecule has 0 bridgehead atoms. The Labute approximate surface area is 241 Å². The van der Waals surface area contributed by atoms with Gasteiger partial charge in [0.15, 0.2) is 0 Å². The van der Waals surface area contributed by atoms with Crippen LogP contribution in [0, 0.1) is 0 Å². The van der Waals surface area contributed by atoms with E-state index in [1.165, 1.54) is 0 Å². The quantitative estimate of drug-likeness (QED) is 0.178. The van der Waals surface area contributed by atoms with Crippen LogP contribution in [0.2, 0.25) is 0 Å². The first kappa shape index (κ1) is 28.4. The molecular formula is C35H37NO5. The van der Waals surface area contributed by atoms with Gasteiger partial charge in [0.1, 0.15) is 49.3 Å². The van der Waals surface area contributed by atoms with Crippen LogP contribution < -0.4 is 14.2 Å². The van der Waals surface area contributed by atoms with E-state index in [0.717, 1.165) is 38.8 Å². The summed E-state index contributed by atoms with van der Waals surface area (Å²) in [6, 6.07) is 37.4. The molecule has 0 radical (unpaired) electrons. The monoisotopic (exact) mass is 551 g/mol. The summed E-state index contributed by atoms with van der Waals surface area (Å²) in [5.41, 5.74) is 0. The van der Waals surface area contributed by atoms with Crippen LogP contribution in [0.1, 0.15) is 6.92 Å². The van der Waals surface area contributed by atoms with Crippen molar-refractivity contribution in [3.8, 4) is 17.2 Å². The summed E-state index contributed by atoms with van der Waals surface area (Å²) < 4.78 is 18.1. The maximum Gasteiger partial charge on any atom is 0.127 e. The Balaban J connectivity index is 1.22. The molecule has 3 atom stereocenters. The Hall–Kier alpha value is -4.10. The number of aliphatic hydroxyl groups excluding tert-OH is 2. The van der Waals surface area contributed by atoms with Gasteiger partial charge in [-0.25, -0.2) is 0 Å². The molecule has 0 saturated heterocycles. The third kappa shape index (κ3) is 7.76. The molecule has 0 saturated carbocycles. The highest BCUT2D eigenvalue weighted by Gasteiger charge is 2.23. The summed E-state index contributed by atoms with van der Waals surface area (Å²) >= 11 is 0. The summed E-state index contributed by atoms with van der Waals surface area (Å²) in [7, 11) is 0. The average molecular weight is 552 g/mol. The first-order valence-electron chi connectivity index (χ1n) is 14.1. The van der Waals surface area contributed by atoms with Crippen molar-refractivity contribution in [2.75, 3.05) is 32.9 Å². The molecule has 3 unspecified atom stereocenters. The molecule has 0 spiro atoms. The SMILES string of the molecule is CC(COc1ccccc1)N(CC(O)COc1cccc2ccccc12)CC(O)COc1cccc2ccccc12. The number of benzene rings is 5. The maximum absolute atomic E-state index is 11.0. The lowest BCUT2D eigenvalue weighted by Gasteiger charge is -2.32. The van der Waals surface area contributed by atoms with E-state index in [1.54, 1.807) is 0 Å². The van der Waals surface area contributed by atoms with Crippen LogP contribution in [0.15, 0.2) is 115 Å². The largest absolute Gasteiger partial charge is 0.492 e. The molecule has 0 amide bonds. The van der Waals surface area contributed by atoms with Crippen molar-refractivity contribution >= 4 is 21.5 Å². The van der Waals surface area contributed by atoms with Crippen molar-refractivity contribution in [3.05, 3.63) is 115 Å². The molecule has 0 aliphatic rings. The topological polar surface area (TPSA) is 71.4 Å². The summed E-state index contributed by atoms with van der Waals surface area (Å²) in [5, 5.41) is 26.2. The summed E-state index contributed by atoms with van der Waals surface area (Å²) in [6.07, 6.45) is -1.56. The van der Waals surface area contributed by atoms with Crippen molar-refractivity contribution in [1.29, 1.82) is 0 Å². The highest BCUT2D eigenvalue weighted by atomic mass is 16.5. The number of nitrogens with zero attached hydrogens (tertiary/aromatic N) is 1. The zero-order valence-corrected chi connectivity index (χ0v) is 23.3. The highest BCUT2D eigenvalue weighted by Crippen LogP contribution is 2.26. The van der Waals surface area contributed by atoms with Crippen molar-refractivity contribution in [2.24, 2.45) is 0 Å². The van der Waals surface area contributed by atoms with Crippen LogP contribution in [0.3, 0.4) is 0 Å². The van der Waals surface area contributed by atoms with E-state index in [-0.39, 0.29) is 19.3 Å². The summed E-state index contributed by atoms with van der Waals surface area (Å²) in [4.78, 5) is 2.02. The molecule has 212 valence electrons. The molecule has 0 aliphatic carbocycles. The van der Waals surface area contributed by atoms with Gasteiger partial charge in [0, 0.05) is 29.9 Å². The van der Waals surface area contributed by atoms with Crippen molar-refractivity contribution in [1.82, 2.24) is 4.90 Å². The van der Waals surface area contributed by atoms with Crippen molar-refractivity contribution < 1.29 is 24.4 Å². The van der Waals surface area contributed by atoms with E-state index in [9.17, 15) is 10.2 Å². The van der Waals surface area contributed by atoms with Crippen molar-refractivity contribution in [3.63, 3.8) is 0 Å². The van der Waals surface area contributed by atoms with E-state index < -0.39 is 12.2 Å². The van der Waals surface area contributed by atoms with Gasteiger partial charge in [0.05, 0.1) is 0 Å². The number of hydrogen-bond donors (Lipinski definition) is 2. The number of aliphatic hydroxyl groups is 2. The smallest absolute Gasteiger partial charge is 0.127 e. The number of fused-ring (bicyclic) bond motifs is 2. The van der Waals surface area contributed by atoms with E-state index in [1.807, 2.05) is 127 Å². The zero-order chi connectivity index (χ0) is 28.4. The molecular weight excluding hydrogens is 514 g/mol. The van der Waals surface area contributed by atoms with Crippen LogP contribution in [-0.2, 0) is 0 Å². The van der Waals surface area contributed by atoms with Gasteiger partial charge in [-0.05, 0) is 42.0 Å². The molecule has 6 heteroatoms. The van der Waals surface area contributed by atoms with E-state index >= 15 is 0 Å². The van der Waals surface area contributed by atoms with Gasteiger partial charge in [-0.2, -0.15) is 0 Å². The average Bonchev–Trinajstić information content (AvgIpc) is 3.01. The normalized spacial score (nSPS) is 13.7. The van der Waals surface area contributed by atoms with Crippen LogP contribution in [0.4, 0.5) is 0 Å². The molecule has 5 aromatic carbocycles. The first-order valence-corrected chi connectivity index (χ1v) is 14.1. The second kappa shape index (κ2) is 14.0. The second-order valence-corrected chi connectivity index (χ2v) is 10.3. The zero-order valence-electron chi connectivity index (χ0n) is 23.3. The molecule has 41 heavy (non-hydrogen) atoms. The van der Waals surface area contributed by atoms with E-state index in [4.69, 9.17) is 14.2 Å². The van der Waals surface area contributed by atoms with Crippen molar-refractivity contribution in [2.45, 2.75) is 25.2 Å². The molecule has 5 rings (SSSR count). The van der Waals surface area contributed by atoms with Gasteiger partial charge in [0.2, 0.25) is 0 Å². The summed E-state index contributed by atoms with van der Waals surface area (Å²) in [5.74, 6) is 2.24. The number of ether oxygens (including phenoxy) is 3. The molecule has 5 aromatic rings. The first-order chi connectivity index (χ1) is 20.1. The minimum Gasteiger partial charge on any atom is -0.492 e. The summed E-state index contributed by atoms with van der Waals surface area (Å²) in [6.45, 7) is 3.28. The van der Waals surface area contributed by atoms with Gasteiger partial charge < -0.3 is 24.4 Å². The van der Waals surface area contributed by atoms with Gasteiger partial charge in [-0.3, -0.25) is 4.90 Å². The molecule has 0 aliphatic heterocycles. The fourth-order valence-corrected chi connectivity index (χ4v) is 4.94. The molecule has 0 fully saturated rings. The van der Waals surface area contributed by atoms with Gasteiger partial charge in [-0.15, -0.1) is 0 Å². The highest BCUT2D eigenvalue weighted by molar-refractivity contribution is 5.88. The third-order valence-electron chi connectivity index (χ3n) is 7.11. The predicted molar refractivity (Wildman–Crippen MR) is 164 cm³/mol. The van der Waals surface area contributed by atoms with Crippen LogP contribution in [-0.4, -0.2) is 66.3 Å². The number of para-hydroxylation sites is 1. The Bertz CT molecular complexity index is 1420. The second-order valence-electron chi connectivity index (χ2n) is 10.3. The number of rotatable bonds is 14. The van der Waals surface area contributed by atoms with E-state index in [2.05, 4.69) is 0 Å². The lowest BCUT2D eigenvalue weighted by Crippen LogP contribution is -2.47. The minimum atomic E-state index is -0.778. The Morgan fingerprint density at radius 2 is 1.00 bits per heavy atom. The fraction of sp³-hybridized carbons (Fsp3) is 0.257. The van der Waals surface area contributed by atoms with Crippen LogP contribution in [0.25, 0.3) is 21.5 Å². The number of hydrogen-bond acceptors (Lipinski definition) is 6. The molecule has 2 N–H and O–H groups in total. The van der Waals surface area contributed by atoms with Crippen LogP contribution in [0.5, 0.6) is 17.2 Å². The van der Waals surface area contributed by atoms with Crippen LogP contribution >= 0.6 is 0 Å². The third-order valence-corrected chi connectivity index (χ3v) is 7.11. The van der Waals surface area contributed by atoms with E-state index in [0.29, 0.717) is 19.7 Å². The van der Waals surface area contributed by atoms with Gasteiger partial charge in [0.25, 0.3) is 0 Å². The molecule has 0 aromatic heterocycles. The Morgan fingerprint density at radius 1 is 0.537 bits per heavy atom. The maximum atomic E-state index is 11.0. The fourth-order valence-electron chi connectivity index (χ4n) is 4.94.